The van der Waals surface area contributed by atoms with Crippen LogP contribution in [0.25, 0.3) is 0 Å². The Bertz CT molecular complexity index is 325. The first-order chi connectivity index (χ1) is 6.75. The number of carboxylic acids is 1. The maximum Gasteiger partial charge on any atom is 0.306 e. The number of hydrogen-bond donors (Lipinski definition) is 1. The van der Waals surface area contributed by atoms with Gasteiger partial charge in [-0.2, -0.15) is 0 Å². The number of rotatable bonds is 3. The zero-order chi connectivity index (χ0) is 9.97. The molecule has 1 aromatic rings. The van der Waals surface area contributed by atoms with Crippen LogP contribution in [-0.4, -0.2) is 26.3 Å². The van der Waals surface area contributed by atoms with Gasteiger partial charge in [0.15, 0.2) is 5.16 Å². The van der Waals surface area contributed by atoms with Crippen molar-refractivity contribution in [1.82, 2.24) is 9.97 Å². The van der Waals surface area contributed by atoms with E-state index >= 15 is 0 Å². The number of aromatic nitrogens is 2. The zero-order valence-electron chi connectivity index (χ0n) is 7.46. The van der Waals surface area contributed by atoms with Crippen LogP contribution in [0.15, 0.2) is 23.6 Å². The van der Waals surface area contributed by atoms with Crippen molar-refractivity contribution in [3.05, 3.63) is 18.5 Å². The standard InChI is InChI=1S/C9H10N2O2S/c12-8(13)6-4-7(5-6)14-9-10-2-1-3-11-9/h1-3,6-7H,4-5H2,(H,12,13)/t6-,7-. The molecule has 5 heteroatoms. The largest absolute Gasteiger partial charge is 0.481 e. The van der Waals surface area contributed by atoms with Gasteiger partial charge in [0, 0.05) is 17.6 Å². The van der Waals surface area contributed by atoms with Crippen molar-refractivity contribution in [3.8, 4) is 0 Å². The molecule has 1 saturated carbocycles. The molecule has 1 aliphatic carbocycles. The summed E-state index contributed by atoms with van der Waals surface area (Å²) in [6, 6.07) is 1.77. The molecule has 1 aromatic heterocycles. The maximum atomic E-state index is 10.5. The highest BCUT2D eigenvalue weighted by Gasteiger charge is 2.35. The van der Waals surface area contributed by atoms with E-state index in [0.717, 1.165) is 18.0 Å². The van der Waals surface area contributed by atoms with Crippen LogP contribution in [0.2, 0.25) is 0 Å². The van der Waals surface area contributed by atoms with Crippen LogP contribution < -0.4 is 0 Å². The highest BCUT2D eigenvalue weighted by molar-refractivity contribution is 7.99. The lowest BCUT2D eigenvalue weighted by Gasteiger charge is -2.30. The lowest BCUT2D eigenvalue weighted by molar-refractivity contribution is -0.144. The Morgan fingerprint density at radius 1 is 1.43 bits per heavy atom. The minimum Gasteiger partial charge on any atom is -0.481 e. The number of carbonyl (C=O) groups is 1. The Balaban J connectivity index is 1.82. The molecule has 0 atom stereocenters. The first-order valence-corrected chi connectivity index (χ1v) is 5.30. The number of aliphatic carboxylic acids is 1. The molecule has 1 heterocycles. The highest BCUT2D eigenvalue weighted by atomic mass is 32.2. The molecular weight excluding hydrogens is 200 g/mol. The summed E-state index contributed by atoms with van der Waals surface area (Å²) in [6.45, 7) is 0. The van der Waals surface area contributed by atoms with Crippen molar-refractivity contribution in [2.24, 2.45) is 5.92 Å². The van der Waals surface area contributed by atoms with Gasteiger partial charge in [0.1, 0.15) is 0 Å². The van der Waals surface area contributed by atoms with E-state index in [0.29, 0.717) is 5.25 Å². The third-order valence-electron chi connectivity index (χ3n) is 2.26. The summed E-state index contributed by atoms with van der Waals surface area (Å²) >= 11 is 1.57. The second-order valence-electron chi connectivity index (χ2n) is 3.28. The number of hydrogen-bond acceptors (Lipinski definition) is 4. The Morgan fingerprint density at radius 3 is 2.64 bits per heavy atom. The third kappa shape index (κ3) is 2.04. The molecule has 1 N–H and O–H groups in total. The predicted octanol–water partition coefficient (Wildman–Crippen LogP) is 1.43. The fraction of sp³-hybridized carbons (Fsp3) is 0.444. The molecule has 0 unspecified atom stereocenters. The van der Waals surface area contributed by atoms with Crippen LogP contribution in [0.5, 0.6) is 0 Å². The van der Waals surface area contributed by atoms with Crippen molar-refractivity contribution in [3.63, 3.8) is 0 Å². The van der Waals surface area contributed by atoms with Gasteiger partial charge in [-0.15, -0.1) is 0 Å². The van der Waals surface area contributed by atoms with Crippen molar-refractivity contribution < 1.29 is 9.90 Å². The van der Waals surface area contributed by atoms with Crippen LogP contribution in [0.1, 0.15) is 12.8 Å². The second kappa shape index (κ2) is 3.96. The average Bonchev–Trinajstić information content (AvgIpc) is 2.12. The minimum absolute atomic E-state index is 0.156. The average molecular weight is 210 g/mol. The summed E-state index contributed by atoms with van der Waals surface area (Å²) in [5.74, 6) is -0.841. The van der Waals surface area contributed by atoms with Gasteiger partial charge < -0.3 is 5.11 Å². The molecule has 0 radical (unpaired) electrons. The van der Waals surface area contributed by atoms with Gasteiger partial charge in [-0.1, -0.05) is 11.8 Å². The molecule has 0 amide bonds. The normalized spacial score (nSPS) is 25.4. The van der Waals surface area contributed by atoms with Gasteiger partial charge in [-0.05, 0) is 18.9 Å². The quantitative estimate of drug-likeness (QED) is 0.765. The number of nitrogens with zero attached hydrogens (tertiary/aromatic N) is 2. The van der Waals surface area contributed by atoms with E-state index in [1.54, 1.807) is 30.2 Å². The molecule has 0 spiro atoms. The molecule has 0 bridgehead atoms. The van der Waals surface area contributed by atoms with E-state index in [-0.39, 0.29) is 5.92 Å². The van der Waals surface area contributed by atoms with Gasteiger partial charge in [-0.25, -0.2) is 9.97 Å². The first kappa shape index (κ1) is 9.45. The second-order valence-corrected chi connectivity index (χ2v) is 4.55. The zero-order valence-corrected chi connectivity index (χ0v) is 8.28. The summed E-state index contributed by atoms with van der Waals surface area (Å²) in [6.07, 6.45) is 4.86. The number of thioether (sulfide) groups is 1. The van der Waals surface area contributed by atoms with E-state index in [9.17, 15) is 4.79 Å². The van der Waals surface area contributed by atoms with Crippen molar-refractivity contribution in [2.45, 2.75) is 23.2 Å². The Kier molecular flexibility index (Phi) is 2.67. The Labute approximate surface area is 85.8 Å². The SMILES string of the molecule is O=C(O)[C@H]1C[C@H](Sc2ncccn2)C1. The van der Waals surface area contributed by atoms with Crippen LogP contribution in [0.3, 0.4) is 0 Å². The molecule has 74 valence electrons. The summed E-state index contributed by atoms with van der Waals surface area (Å²) < 4.78 is 0. The van der Waals surface area contributed by atoms with Crippen molar-refractivity contribution in [1.29, 1.82) is 0 Å². The highest BCUT2D eigenvalue weighted by Crippen LogP contribution is 2.39. The summed E-state index contributed by atoms with van der Waals surface area (Å²) in [5, 5.41) is 9.79. The summed E-state index contributed by atoms with van der Waals surface area (Å²) in [5.41, 5.74) is 0. The van der Waals surface area contributed by atoms with Crippen LogP contribution >= 0.6 is 11.8 Å². The van der Waals surface area contributed by atoms with Crippen LogP contribution in [-0.2, 0) is 4.79 Å². The van der Waals surface area contributed by atoms with Crippen LogP contribution in [0, 0.1) is 5.92 Å². The fourth-order valence-electron chi connectivity index (χ4n) is 1.36. The minimum atomic E-state index is -0.684. The summed E-state index contributed by atoms with van der Waals surface area (Å²) in [4.78, 5) is 18.7. The van der Waals surface area contributed by atoms with E-state index in [4.69, 9.17) is 5.11 Å². The summed E-state index contributed by atoms with van der Waals surface area (Å²) in [7, 11) is 0. The molecule has 2 rings (SSSR count). The Hall–Kier alpha value is -1.10. The first-order valence-electron chi connectivity index (χ1n) is 4.42. The van der Waals surface area contributed by atoms with Crippen molar-refractivity contribution in [2.75, 3.05) is 0 Å². The fourth-order valence-corrected chi connectivity index (χ4v) is 2.56. The van der Waals surface area contributed by atoms with E-state index < -0.39 is 5.97 Å². The molecule has 0 saturated heterocycles. The molecule has 1 aliphatic rings. The Morgan fingerprint density at radius 2 is 2.07 bits per heavy atom. The number of carboxylic acid groups (broad SMARTS) is 1. The lowest BCUT2D eigenvalue weighted by Crippen LogP contribution is -2.32. The van der Waals surface area contributed by atoms with E-state index in [2.05, 4.69) is 9.97 Å². The lowest BCUT2D eigenvalue weighted by atomic mass is 9.85. The van der Waals surface area contributed by atoms with E-state index in [1.165, 1.54) is 0 Å². The molecule has 0 aromatic carbocycles. The molecule has 1 fully saturated rings. The van der Waals surface area contributed by atoms with Crippen molar-refractivity contribution >= 4 is 17.7 Å². The van der Waals surface area contributed by atoms with Gasteiger partial charge in [-0.3, -0.25) is 4.79 Å². The topological polar surface area (TPSA) is 63.1 Å². The van der Waals surface area contributed by atoms with Crippen LogP contribution in [0.4, 0.5) is 0 Å². The third-order valence-corrected chi connectivity index (χ3v) is 3.40. The van der Waals surface area contributed by atoms with Gasteiger partial charge in [0.2, 0.25) is 0 Å². The molecule has 14 heavy (non-hydrogen) atoms. The molecule has 0 aliphatic heterocycles. The maximum absolute atomic E-state index is 10.5. The predicted molar refractivity (Wildman–Crippen MR) is 52.0 cm³/mol. The molecular formula is C9H10N2O2S. The molecule has 4 nitrogen and oxygen atoms in total. The van der Waals surface area contributed by atoms with Gasteiger partial charge >= 0.3 is 5.97 Å². The van der Waals surface area contributed by atoms with Gasteiger partial charge in [0.05, 0.1) is 5.92 Å². The van der Waals surface area contributed by atoms with E-state index in [1.807, 2.05) is 0 Å². The smallest absolute Gasteiger partial charge is 0.306 e. The van der Waals surface area contributed by atoms with Gasteiger partial charge in [0.25, 0.3) is 0 Å². The monoisotopic (exact) mass is 210 g/mol.